The number of aryl methyl sites for hydroxylation is 2. The Hall–Kier alpha value is -2.63. The molecule has 0 unspecified atom stereocenters. The van der Waals surface area contributed by atoms with Crippen LogP contribution in [-0.4, -0.2) is 42.6 Å². The molecule has 1 aromatic heterocycles. The van der Waals surface area contributed by atoms with Crippen LogP contribution in [0.4, 0.5) is 11.6 Å². The van der Waals surface area contributed by atoms with Crippen molar-refractivity contribution in [1.29, 1.82) is 0 Å². The molecule has 0 spiro atoms. The number of carbonyl (C=O) groups excluding carboxylic acids is 1. The Morgan fingerprint density at radius 2 is 1.90 bits per heavy atom. The van der Waals surface area contributed by atoms with Crippen LogP contribution in [0.3, 0.4) is 0 Å². The van der Waals surface area contributed by atoms with E-state index in [0.717, 1.165) is 61.7 Å². The molecule has 2 aromatic rings. The largest absolute Gasteiger partial charge is 0.367 e. The average molecular weight is 396 g/mol. The Bertz CT molecular complexity index is 828. The van der Waals surface area contributed by atoms with Crippen LogP contribution >= 0.6 is 0 Å². The minimum Gasteiger partial charge on any atom is -0.367 e. The van der Waals surface area contributed by atoms with Gasteiger partial charge in [-0.2, -0.15) is 0 Å². The zero-order valence-corrected chi connectivity index (χ0v) is 18.0. The number of anilines is 2. The van der Waals surface area contributed by atoms with Crippen LogP contribution in [0.2, 0.25) is 0 Å². The van der Waals surface area contributed by atoms with Crippen LogP contribution in [-0.2, 0) is 6.42 Å². The number of benzene rings is 1. The van der Waals surface area contributed by atoms with Gasteiger partial charge in [-0.05, 0) is 62.6 Å². The zero-order valence-electron chi connectivity index (χ0n) is 18.0. The van der Waals surface area contributed by atoms with Crippen LogP contribution in [0.5, 0.6) is 0 Å². The molecule has 0 radical (unpaired) electrons. The van der Waals surface area contributed by atoms with Gasteiger partial charge in [0.05, 0.1) is 0 Å². The van der Waals surface area contributed by atoms with E-state index in [2.05, 4.69) is 33.6 Å². The van der Waals surface area contributed by atoms with Gasteiger partial charge in [0.1, 0.15) is 17.5 Å². The maximum Gasteiger partial charge on any atom is 0.251 e. The van der Waals surface area contributed by atoms with Gasteiger partial charge in [0.25, 0.3) is 5.91 Å². The van der Waals surface area contributed by atoms with E-state index in [1.807, 2.05) is 50.2 Å². The third-order valence-electron chi connectivity index (χ3n) is 5.63. The molecule has 1 aromatic carbocycles. The SMILES string of the molecule is CCc1cccc(C(=O)NC[C@H]2CC[C@@H](Nc3cc(N(C)C)nc(C)n3)CC2)c1. The fourth-order valence-electron chi connectivity index (χ4n) is 3.85. The molecule has 0 saturated heterocycles. The van der Waals surface area contributed by atoms with E-state index in [1.54, 1.807) is 0 Å². The van der Waals surface area contributed by atoms with Crippen molar-refractivity contribution in [1.82, 2.24) is 15.3 Å². The smallest absolute Gasteiger partial charge is 0.251 e. The Balaban J connectivity index is 1.46. The first-order chi connectivity index (χ1) is 13.9. The Labute approximate surface area is 174 Å². The lowest BCUT2D eigenvalue weighted by molar-refractivity contribution is 0.0943. The summed E-state index contributed by atoms with van der Waals surface area (Å²) < 4.78 is 0. The molecule has 3 rings (SSSR count). The number of hydrogen-bond donors (Lipinski definition) is 2. The summed E-state index contributed by atoms with van der Waals surface area (Å²) in [5.41, 5.74) is 1.96. The number of nitrogens with one attached hydrogen (secondary N) is 2. The molecule has 1 amide bonds. The van der Waals surface area contributed by atoms with Crippen LogP contribution in [0.25, 0.3) is 0 Å². The van der Waals surface area contributed by atoms with Crippen molar-refractivity contribution in [3.05, 3.63) is 47.3 Å². The van der Waals surface area contributed by atoms with Crippen molar-refractivity contribution in [3.8, 4) is 0 Å². The van der Waals surface area contributed by atoms with Crippen LogP contribution in [0, 0.1) is 12.8 Å². The predicted octanol–water partition coefficient (Wildman–Crippen LogP) is 3.81. The number of nitrogens with zero attached hydrogens (tertiary/aromatic N) is 3. The van der Waals surface area contributed by atoms with Crippen LogP contribution < -0.4 is 15.5 Å². The Morgan fingerprint density at radius 3 is 2.59 bits per heavy atom. The molecule has 156 valence electrons. The van der Waals surface area contributed by atoms with Gasteiger partial charge in [0.15, 0.2) is 0 Å². The van der Waals surface area contributed by atoms with Crippen molar-refractivity contribution >= 4 is 17.5 Å². The van der Waals surface area contributed by atoms with E-state index in [9.17, 15) is 4.79 Å². The molecule has 1 saturated carbocycles. The molecular formula is C23H33N5O. The van der Waals surface area contributed by atoms with Crippen molar-refractivity contribution in [2.24, 2.45) is 5.92 Å². The molecule has 6 nitrogen and oxygen atoms in total. The van der Waals surface area contributed by atoms with Crippen LogP contribution in [0.15, 0.2) is 30.3 Å². The fourth-order valence-corrected chi connectivity index (χ4v) is 3.85. The van der Waals surface area contributed by atoms with Gasteiger partial charge in [0.2, 0.25) is 0 Å². The van der Waals surface area contributed by atoms with Gasteiger partial charge >= 0.3 is 0 Å². The molecule has 1 fully saturated rings. The van der Waals surface area contributed by atoms with E-state index in [4.69, 9.17) is 0 Å². The van der Waals surface area contributed by atoms with Crippen molar-refractivity contribution in [2.45, 2.75) is 52.0 Å². The second-order valence-electron chi connectivity index (χ2n) is 8.18. The Morgan fingerprint density at radius 1 is 1.14 bits per heavy atom. The first-order valence-corrected chi connectivity index (χ1v) is 10.6. The van der Waals surface area contributed by atoms with Crippen molar-refractivity contribution in [2.75, 3.05) is 30.9 Å². The first-order valence-electron chi connectivity index (χ1n) is 10.6. The minimum absolute atomic E-state index is 0.0354. The molecule has 0 bridgehead atoms. The maximum atomic E-state index is 12.4. The van der Waals surface area contributed by atoms with Crippen molar-refractivity contribution in [3.63, 3.8) is 0 Å². The number of amides is 1. The van der Waals surface area contributed by atoms with Gasteiger partial charge in [-0.1, -0.05) is 19.1 Å². The number of rotatable bonds is 7. The fraction of sp³-hybridized carbons (Fsp3) is 0.522. The van der Waals surface area contributed by atoms with E-state index in [0.29, 0.717) is 12.0 Å². The highest BCUT2D eigenvalue weighted by Gasteiger charge is 2.22. The molecule has 0 atom stereocenters. The van der Waals surface area contributed by atoms with Gasteiger partial charge < -0.3 is 15.5 Å². The summed E-state index contributed by atoms with van der Waals surface area (Å²) >= 11 is 0. The molecular weight excluding hydrogens is 362 g/mol. The van der Waals surface area contributed by atoms with Gasteiger partial charge in [-0.25, -0.2) is 9.97 Å². The first kappa shape index (κ1) is 21.1. The molecule has 1 aliphatic rings. The summed E-state index contributed by atoms with van der Waals surface area (Å²) in [6.45, 7) is 4.78. The molecule has 2 N–H and O–H groups in total. The predicted molar refractivity (Wildman–Crippen MR) is 119 cm³/mol. The quantitative estimate of drug-likeness (QED) is 0.746. The highest BCUT2D eigenvalue weighted by Crippen LogP contribution is 2.26. The highest BCUT2D eigenvalue weighted by atomic mass is 16.1. The summed E-state index contributed by atoms with van der Waals surface area (Å²) in [6.07, 6.45) is 5.34. The minimum atomic E-state index is 0.0354. The summed E-state index contributed by atoms with van der Waals surface area (Å²) in [5.74, 6) is 3.17. The maximum absolute atomic E-state index is 12.4. The summed E-state index contributed by atoms with van der Waals surface area (Å²) in [6, 6.07) is 10.3. The third kappa shape index (κ3) is 5.92. The second-order valence-corrected chi connectivity index (χ2v) is 8.18. The molecule has 1 aliphatic carbocycles. The monoisotopic (exact) mass is 395 g/mol. The summed E-state index contributed by atoms with van der Waals surface area (Å²) in [5, 5.41) is 6.70. The molecule has 29 heavy (non-hydrogen) atoms. The van der Waals surface area contributed by atoms with Crippen LogP contribution in [0.1, 0.15) is 54.4 Å². The van der Waals surface area contributed by atoms with E-state index in [1.165, 1.54) is 5.56 Å². The van der Waals surface area contributed by atoms with Gasteiger partial charge in [-0.3, -0.25) is 4.79 Å². The lowest BCUT2D eigenvalue weighted by atomic mass is 9.86. The second kappa shape index (κ2) is 9.72. The standard InChI is InChI=1S/C23H33N5O/c1-5-17-7-6-8-19(13-17)23(29)24-15-18-9-11-20(12-10-18)27-21-14-22(28(3)4)26-16(2)25-21/h6-8,13-14,18,20H,5,9-12,15H2,1-4H3,(H,24,29)(H,25,26,27)/t18-,20+. The van der Waals surface area contributed by atoms with Gasteiger partial charge in [-0.15, -0.1) is 0 Å². The van der Waals surface area contributed by atoms with E-state index < -0.39 is 0 Å². The normalized spacial score (nSPS) is 18.9. The lowest BCUT2D eigenvalue weighted by Gasteiger charge is -2.29. The van der Waals surface area contributed by atoms with Crippen molar-refractivity contribution < 1.29 is 4.79 Å². The third-order valence-corrected chi connectivity index (χ3v) is 5.63. The Kier molecular flexibility index (Phi) is 7.07. The zero-order chi connectivity index (χ0) is 20.8. The molecule has 0 aliphatic heterocycles. The van der Waals surface area contributed by atoms with E-state index in [-0.39, 0.29) is 5.91 Å². The number of hydrogen-bond acceptors (Lipinski definition) is 5. The van der Waals surface area contributed by atoms with Gasteiger partial charge in [0, 0.05) is 38.3 Å². The summed E-state index contributed by atoms with van der Waals surface area (Å²) in [4.78, 5) is 23.4. The molecule has 6 heteroatoms. The van der Waals surface area contributed by atoms with E-state index >= 15 is 0 Å². The topological polar surface area (TPSA) is 70.2 Å². The molecule has 1 heterocycles. The lowest BCUT2D eigenvalue weighted by Crippen LogP contribution is -2.34. The average Bonchev–Trinajstić information content (AvgIpc) is 2.72. The summed E-state index contributed by atoms with van der Waals surface area (Å²) in [7, 11) is 3.98. The number of aromatic nitrogens is 2. The highest BCUT2D eigenvalue weighted by molar-refractivity contribution is 5.94. The number of carbonyl (C=O) groups is 1.